The lowest BCUT2D eigenvalue weighted by molar-refractivity contribution is 0.506. The number of benzene rings is 2. The largest absolute Gasteiger partial charge is 0.385 e. The van der Waals surface area contributed by atoms with E-state index in [9.17, 15) is 8.78 Å². The zero-order valence-corrected chi connectivity index (χ0v) is 18.5. The number of rotatable bonds is 9. The Hall–Kier alpha value is -3.28. The topological polar surface area (TPSA) is 42.7 Å². The van der Waals surface area contributed by atoms with E-state index in [0.717, 1.165) is 54.5 Å². The van der Waals surface area contributed by atoms with Gasteiger partial charge in [-0.25, -0.2) is 18.7 Å². The molecule has 0 saturated carbocycles. The third-order valence-corrected chi connectivity index (χ3v) is 5.77. The fourth-order valence-corrected chi connectivity index (χ4v) is 3.89. The van der Waals surface area contributed by atoms with Crippen LogP contribution in [-0.2, 0) is 13.0 Å². The Morgan fingerprint density at radius 3 is 2.59 bits per heavy atom. The molecule has 0 amide bonds. The Labute approximate surface area is 187 Å². The summed E-state index contributed by atoms with van der Waals surface area (Å²) in [6.45, 7) is 5.73. The van der Waals surface area contributed by atoms with E-state index in [1.807, 2.05) is 16.7 Å². The molecule has 0 bridgehead atoms. The molecule has 6 heteroatoms. The van der Waals surface area contributed by atoms with Gasteiger partial charge in [0.15, 0.2) is 17.3 Å². The summed E-state index contributed by atoms with van der Waals surface area (Å²) in [4.78, 5) is 9.27. The molecule has 1 unspecified atom stereocenters. The van der Waals surface area contributed by atoms with Crippen molar-refractivity contribution in [2.75, 3.05) is 11.9 Å². The number of imidazole rings is 1. The van der Waals surface area contributed by atoms with Crippen LogP contribution in [0.2, 0.25) is 0 Å². The van der Waals surface area contributed by atoms with Gasteiger partial charge in [0.2, 0.25) is 0 Å². The number of fused-ring (bicyclic) bond motifs is 1. The minimum absolute atomic E-state index is 0.361. The number of nitrogens with zero attached hydrogens (tertiary/aromatic N) is 3. The monoisotopic (exact) mass is 434 g/mol. The van der Waals surface area contributed by atoms with Crippen molar-refractivity contribution in [2.24, 2.45) is 0 Å². The number of aryl methyl sites for hydroxylation is 1. The highest BCUT2D eigenvalue weighted by molar-refractivity contribution is 5.71. The summed E-state index contributed by atoms with van der Waals surface area (Å²) in [6.07, 6.45) is 4.50. The molecule has 2 heterocycles. The predicted octanol–water partition coefficient (Wildman–Crippen LogP) is 6.32. The SMILES string of the molecule is CCCNc1ccc(C(C)CCc2nc3cccnc3n2Cc2ccc(F)c(F)c2)cc1. The molecule has 0 aliphatic rings. The Morgan fingerprint density at radius 1 is 1.03 bits per heavy atom. The zero-order chi connectivity index (χ0) is 22.5. The molecule has 1 N–H and O–H groups in total. The van der Waals surface area contributed by atoms with Crippen LogP contribution in [0.25, 0.3) is 11.2 Å². The van der Waals surface area contributed by atoms with Crippen LogP contribution >= 0.6 is 0 Å². The predicted molar refractivity (Wildman–Crippen MR) is 125 cm³/mol. The number of aromatic nitrogens is 3. The van der Waals surface area contributed by atoms with Crippen molar-refractivity contribution in [1.29, 1.82) is 0 Å². The Kier molecular flexibility index (Phi) is 6.78. The van der Waals surface area contributed by atoms with Gasteiger partial charge in [-0.2, -0.15) is 0 Å². The number of hydrogen-bond donors (Lipinski definition) is 1. The van der Waals surface area contributed by atoms with E-state index < -0.39 is 11.6 Å². The van der Waals surface area contributed by atoms with Crippen molar-refractivity contribution in [3.8, 4) is 0 Å². The van der Waals surface area contributed by atoms with E-state index in [4.69, 9.17) is 4.98 Å². The van der Waals surface area contributed by atoms with E-state index in [1.54, 1.807) is 12.3 Å². The first-order valence-electron chi connectivity index (χ1n) is 11.1. The van der Waals surface area contributed by atoms with Crippen molar-refractivity contribution in [3.05, 3.63) is 89.4 Å². The molecule has 2 aromatic heterocycles. The molecule has 32 heavy (non-hydrogen) atoms. The highest BCUT2D eigenvalue weighted by atomic mass is 19.2. The van der Waals surface area contributed by atoms with Crippen molar-refractivity contribution in [2.45, 2.75) is 45.6 Å². The summed E-state index contributed by atoms with van der Waals surface area (Å²) in [6, 6.07) is 16.4. The third kappa shape index (κ3) is 4.96. The molecule has 0 aliphatic heterocycles. The van der Waals surface area contributed by atoms with Crippen LogP contribution in [-0.4, -0.2) is 21.1 Å². The normalized spacial score (nSPS) is 12.2. The average Bonchev–Trinajstić information content (AvgIpc) is 3.16. The van der Waals surface area contributed by atoms with Gasteiger partial charge in [-0.15, -0.1) is 0 Å². The second-order valence-electron chi connectivity index (χ2n) is 8.20. The minimum atomic E-state index is -0.841. The van der Waals surface area contributed by atoms with Gasteiger partial charge in [0, 0.05) is 24.8 Å². The highest BCUT2D eigenvalue weighted by Crippen LogP contribution is 2.25. The second-order valence-corrected chi connectivity index (χ2v) is 8.20. The maximum absolute atomic E-state index is 13.7. The summed E-state index contributed by atoms with van der Waals surface area (Å²) in [5.74, 6) is -0.421. The molecule has 0 fully saturated rings. The number of hydrogen-bond acceptors (Lipinski definition) is 3. The molecule has 4 rings (SSSR count). The Bertz CT molecular complexity index is 1180. The lowest BCUT2D eigenvalue weighted by Crippen LogP contribution is -2.08. The van der Waals surface area contributed by atoms with Crippen molar-refractivity contribution in [3.63, 3.8) is 0 Å². The standard InChI is InChI=1S/C26H28F2N4/c1-3-14-29-21-10-8-20(9-11-21)18(2)6-13-25-31-24-5-4-15-30-26(24)32(25)17-19-7-12-22(27)23(28)16-19/h4-5,7-12,15-16,18,29H,3,6,13-14,17H2,1-2H3. The molecule has 0 spiro atoms. The molecule has 166 valence electrons. The fraction of sp³-hybridized carbons (Fsp3) is 0.308. The van der Waals surface area contributed by atoms with Crippen molar-refractivity contribution in [1.82, 2.24) is 14.5 Å². The third-order valence-electron chi connectivity index (χ3n) is 5.77. The first-order chi connectivity index (χ1) is 15.5. The van der Waals surface area contributed by atoms with Crippen LogP contribution in [0.1, 0.15) is 49.6 Å². The lowest BCUT2D eigenvalue weighted by atomic mass is 9.96. The number of anilines is 1. The molecule has 0 aliphatic carbocycles. The molecular formula is C26H28F2N4. The smallest absolute Gasteiger partial charge is 0.160 e. The van der Waals surface area contributed by atoms with Gasteiger partial charge in [0.25, 0.3) is 0 Å². The Morgan fingerprint density at radius 2 is 1.84 bits per heavy atom. The maximum Gasteiger partial charge on any atom is 0.160 e. The molecule has 0 saturated heterocycles. The summed E-state index contributed by atoms with van der Waals surface area (Å²) < 4.78 is 29.1. The molecule has 4 nitrogen and oxygen atoms in total. The van der Waals surface area contributed by atoms with Crippen LogP contribution in [0.15, 0.2) is 60.8 Å². The van der Waals surface area contributed by atoms with Crippen molar-refractivity contribution < 1.29 is 8.78 Å². The number of nitrogens with one attached hydrogen (secondary N) is 1. The maximum atomic E-state index is 13.7. The average molecular weight is 435 g/mol. The van der Waals surface area contributed by atoms with E-state index >= 15 is 0 Å². The van der Waals surface area contributed by atoms with Gasteiger partial charge in [-0.3, -0.25) is 0 Å². The van der Waals surface area contributed by atoms with Gasteiger partial charge in [0.1, 0.15) is 11.3 Å². The van der Waals surface area contributed by atoms with Gasteiger partial charge in [-0.1, -0.05) is 32.0 Å². The van der Waals surface area contributed by atoms with Gasteiger partial charge < -0.3 is 9.88 Å². The quantitative estimate of drug-likeness (QED) is 0.335. The highest BCUT2D eigenvalue weighted by Gasteiger charge is 2.15. The Balaban J connectivity index is 1.52. The number of pyridine rings is 1. The molecule has 1 atom stereocenters. The van der Waals surface area contributed by atoms with E-state index in [-0.39, 0.29) is 0 Å². The second kappa shape index (κ2) is 9.90. The summed E-state index contributed by atoms with van der Waals surface area (Å²) in [5, 5.41) is 3.40. The summed E-state index contributed by atoms with van der Waals surface area (Å²) in [7, 11) is 0. The molecule has 0 radical (unpaired) electrons. The number of halogens is 2. The first-order valence-corrected chi connectivity index (χ1v) is 11.1. The fourth-order valence-electron chi connectivity index (χ4n) is 3.89. The molecular weight excluding hydrogens is 406 g/mol. The van der Waals surface area contributed by atoms with Gasteiger partial charge in [-0.05, 0) is 66.3 Å². The molecule has 4 aromatic rings. The molecule has 2 aromatic carbocycles. The van der Waals surface area contributed by atoms with E-state index in [1.165, 1.54) is 11.6 Å². The van der Waals surface area contributed by atoms with Crippen LogP contribution in [0.4, 0.5) is 14.5 Å². The van der Waals surface area contributed by atoms with Crippen LogP contribution in [0.3, 0.4) is 0 Å². The first kappa shape index (κ1) is 21.9. The summed E-state index contributed by atoms with van der Waals surface area (Å²) in [5.41, 5.74) is 4.67. The van der Waals surface area contributed by atoms with Gasteiger partial charge in [0.05, 0.1) is 6.54 Å². The summed E-state index contributed by atoms with van der Waals surface area (Å²) >= 11 is 0. The van der Waals surface area contributed by atoms with Crippen LogP contribution in [0.5, 0.6) is 0 Å². The van der Waals surface area contributed by atoms with Gasteiger partial charge >= 0.3 is 0 Å². The minimum Gasteiger partial charge on any atom is -0.385 e. The van der Waals surface area contributed by atoms with E-state index in [0.29, 0.717) is 18.0 Å². The van der Waals surface area contributed by atoms with E-state index in [2.05, 4.69) is 48.4 Å². The van der Waals surface area contributed by atoms with Crippen molar-refractivity contribution >= 4 is 16.9 Å². The zero-order valence-electron chi connectivity index (χ0n) is 18.5. The lowest BCUT2D eigenvalue weighted by Gasteiger charge is -2.14. The van der Waals surface area contributed by atoms with Crippen LogP contribution in [0, 0.1) is 11.6 Å². The van der Waals surface area contributed by atoms with Crippen LogP contribution < -0.4 is 5.32 Å².